The van der Waals surface area contributed by atoms with Gasteiger partial charge in [-0.25, -0.2) is 4.98 Å². The van der Waals surface area contributed by atoms with Crippen LogP contribution in [0.4, 0.5) is 5.82 Å². The van der Waals surface area contributed by atoms with E-state index < -0.39 is 0 Å². The third kappa shape index (κ3) is 3.44. The lowest BCUT2D eigenvalue weighted by atomic mass is 10.1. The Hall–Kier alpha value is -2.60. The smallest absolute Gasteiger partial charge is 0.260 e. The number of nitrogens with zero attached hydrogens (tertiary/aromatic N) is 4. The van der Waals surface area contributed by atoms with E-state index in [1.807, 2.05) is 42.6 Å². The van der Waals surface area contributed by atoms with Gasteiger partial charge in [0.25, 0.3) is 5.91 Å². The fourth-order valence-corrected chi connectivity index (χ4v) is 3.32. The maximum atomic E-state index is 12.5. The highest BCUT2D eigenvalue weighted by Gasteiger charge is 2.26. The molecule has 1 saturated heterocycles. The summed E-state index contributed by atoms with van der Waals surface area (Å²) in [6.45, 7) is 5.79. The van der Waals surface area contributed by atoms with E-state index in [9.17, 15) is 4.79 Å². The van der Waals surface area contributed by atoms with Crippen molar-refractivity contribution >= 4 is 11.7 Å². The molecular formula is C19H22N4O2. The number of para-hydroxylation sites is 1. The maximum Gasteiger partial charge on any atom is 0.260 e. The molecule has 0 aliphatic carbocycles. The Morgan fingerprint density at radius 2 is 1.76 bits per heavy atom. The minimum atomic E-state index is 0.0639. The first-order valence-electron chi connectivity index (χ1n) is 8.71. The molecule has 3 heterocycles. The third-order valence-electron chi connectivity index (χ3n) is 4.81. The van der Waals surface area contributed by atoms with Crippen molar-refractivity contribution in [2.24, 2.45) is 0 Å². The Balaban J connectivity index is 1.28. The molecule has 130 valence electrons. The fraction of sp³-hybridized carbons (Fsp3) is 0.368. The summed E-state index contributed by atoms with van der Waals surface area (Å²) in [5.41, 5.74) is 0.661. The van der Waals surface area contributed by atoms with E-state index in [-0.39, 0.29) is 5.91 Å². The summed E-state index contributed by atoms with van der Waals surface area (Å²) in [4.78, 5) is 23.4. The molecule has 0 unspecified atom stereocenters. The van der Waals surface area contributed by atoms with Crippen LogP contribution in [0.15, 0.2) is 48.7 Å². The lowest BCUT2D eigenvalue weighted by Gasteiger charge is -2.37. The molecular weight excluding hydrogens is 316 g/mol. The number of hydrogen-bond donors (Lipinski definition) is 0. The van der Waals surface area contributed by atoms with Crippen LogP contribution in [0.1, 0.15) is 10.4 Å². The van der Waals surface area contributed by atoms with Crippen molar-refractivity contribution in [1.29, 1.82) is 0 Å². The zero-order valence-electron chi connectivity index (χ0n) is 14.2. The predicted molar refractivity (Wildman–Crippen MR) is 95.9 cm³/mol. The molecule has 1 aromatic heterocycles. The highest BCUT2D eigenvalue weighted by Crippen LogP contribution is 2.24. The van der Waals surface area contributed by atoms with Gasteiger partial charge in [0.2, 0.25) is 0 Å². The van der Waals surface area contributed by atoms with Crippen LogP contribution in [-0.2, 0) is 0 Å². The number of ether oxygens (including phenoxy) is 1. The van der Waals surface area contributed by atoms with Crippen LogP contribution in [0.5, 0.6) is 5.75 Å². The van der Waals surface area contributed by atoms with Crippen molar-refractivity contribution in [3.8, 4) is 5.75 Å². The molecule has 4 rings (SSSR count). The molecule has 2 aromatic rings. The Morgan fingerprint density at radius 3 is 2.56 bits per heavy atom. The minimum Gasteiger partial charge on any atom is -0.472 e. The van der Waals surface area contributed by atoms with Gasteiger partial charge in [-0.2, -0.15) is 0 Å². The van der Waals surface area contributed by atoms with Crippen molar-refractivity contribution in [3.05, 3.63) is 54.2 Å². The van der Waals surface area contributed by atoms with Crippen molar-refractivity contribution in [2.75, 3.05) is 50.9 Å². The molecule has 6 heteroatoms. The quantitative estimate of drug-likeness (QED) is 0.849. The SMILES string of the molecule is O=C1c2ccccc2OCN1CCN1CCN(c2ccccn2)CC1. The summed E-state index contributed by atoms with van der Waals surface area (Å²) < 4.78 is 5.69. The lowest BCUT2D eigenvalue weighted by molar-refractivity contribution is 0.0488. The van der Waals surface area contributed by atoms with Gasteiger partial charge < -0.3 is 14.5 Å². The standard InChI is InChI=1S/C19H22N4O2/c24-19-16-5-1-2-6-17(16)25-15-23(19)14-11-21-9-12-22(13-10-21)18-7-3-4-8-20-18/h1-8H,9-15H2. The number of carbonyl (C=O) groups excluding carboxylic acids is 1. The Kier molecular flexibility index (Phi) is 4.52. The second kappa shape index (κ2) is 7.11. The average molecular weight is 338 g/mol. The van der Waals surface area contributed by atoms with Crippen molar-refractivity contribution in [1.82, 2.24) is 14.8 Å². The summed E-state index contributed by atoms with van der Waals surface area (Å²) in [5.74, 6) is 1.79. The largest absolute Gasteiger partial charge is 0.472 e. The molecule has 0 bridgehead atoms. The second-order valence-electron chi connectivity index (χ2n) is 6.35. The van der Waals surface area contributed by atoms with Gasteiger partial charge in [-0.15, -0.1) is 0 Å². The number of pyridine rings is 1. The van der Waals surface area contributed by atoms with Crippen LogP contribution in [0, 0.1) is 0 Å². The predicted octanol–water partition coefficient (Wildman–Crippen LogP) is 1.70. The topological polar surface area (TPSA) is 48.9 Å². The van der Waals surface area contributed by atoms with Gasteiger partial charge in [0, 0.05) is 45.5 Å². The number of aromatic nitrogens is 1. The molecule has 6 nitrogen and oxygen atoms in total. The zero-order chi connectivity index (χ0) is 17.1. The summed E-state index contributed by atoms with van der Waals surface area (Å²) in [6.07, 6.45) is 1.83. The van der Waals surface area contributed by atoms with Crippen molar-refractivity contribution < 1.29 is 9.53 Å². The first kappa shape index (κ1) is 15.9. The van der Waals surface area contributed by atoms with Crippen LogP contribution < -0.4 is 9.64 Å². The highest BCUT2D eigenvalue weighted by atomic mass is 16.5. The van der Waals surface area contributed by atoms with Crippen LogP contribution in [0.3, 0.4) is 0 Å². The van der Waals surface area contributed by atoms with Gasteiger partial charge in [0.1, 0.15) is 11.6 Å². The zero-order valence-corrected chi connectivity index (χ0v) is 14.2. The molecule has 1 aromatic carbocycles. The van der Waals surface area contributed by atoms with E-state index in [4.69, 9.17) is 4.74 Å². The summed E-state index contributed by atoms with van der Waals surface area (Å²) >= 11 is 0. The van der Waals surface area contributed by atoms with E-state index in [1.54, 1.807) is 4.90 Å². The molecule has 1 amide bonds. The van der Waals surface area contributed by atoms with Gasteiger partial charge in [0.05, 0.1) is 5.56 Å². The molecule has 0 atom stereocenters. The molecule has 0 radical (unpaired) electrons. The second-order valence-corrected chi connectivity index (χ2v) is 6.35. The van der Waals surface area contributed by atoms with Crippen LogP contribution in [-0.4, -0.2) is 66.7 Å². The first-order valence-corrected chi connectivity index (χ1v) is 8.71. The normalized spacial score (nSPS) is 18.0. The highest BCUT2D eigenvalue weighted by molar-refractivity contribution is 5.97. The summed E-state index contributed by atoms with van der Waals surface area (Å²) in [5, 5.41) is 0. The van der Waals surface area contributed by atoms with E-state index in [0.29, 0.717) is 24.6 Å². The number of hydrogen-bond acceptors (Lipinski definition) is 5. The molecule has 2 aliphatic heterocycles. The molecule has 25 heavy (non-hydrogen) atoms. The Bertz CT molecular complexity index is 729. The first-order chi connectivity index (χ1) is 12.3. The van der Waals surface area contributed by atoms with Gasteiger partial charge in [-0.05, 0) is 24.3 Å². The van der Waals surface area contributed by atoms with Crippen molar-refractivity contribution in [3.63, 3.8) is 0 Å². The summed E-state index contributed by atoms with van der Waals surface area (Å²) in [6, 6.07) is 13.5. The fourth-order valence-electron chi connectivity index (χ4n) is 3.32. The van der Waals surface area contributed by atoms with Crippen LogP contribution in [0.2, 0.25) is 0 Å². The number of piperazine rings is 1. The summed E-state index contributed by atoms with van der Waals surface area (Å²) in [7, 11) is 0. The number of anilines is 1. The van der Waals surface area contributed by atoms with Gasteiger partial charge in [-0.3, -0.25) is 9.69 Å². The molecule has 0 saturated carbocycles. The number of rotatable bonds is 4. The molecule has 0 N–H and O–H groups in total. The van der Waals surface area contributed by atoms with Crippen molar-refractivity contribution in [2.45, 2.75) is 0 Å². The van der Waals surface area contributed by atoms with E-state index >= 15 is 0 Å². The maximum absolute atomic E-state index is 12.5. The number of amides is 1. The van der Waals surface area contributed by atoms with Gasteiger partial charge in [0.15, 0.2) is 6.73 Å². The monoisotopic (exact) mass is 338 g/mol. The van der Waals surface area contributed by atoms with Gasteiger partial charge >= 0.3 is 0 Å². The Morgan fingerprint density at radius 1 is 0.960 bits per heavy atom. The number of carbonyl (C=O) groups is 1. The minimum absolute atomic E-state index is 0.0639. The molecule has 0 spiro atoms. The van der Waals surface area contributed by atoms with Crippen LogP contribution in [0.25, 0.3) is 0 Å². The lowest BCUT2D eigenvalue weighted by Crippen LogP contribution is -2.50. The number of fused-ring (bicyclic) bond motifs is 1. The average Bonchev–Trinajstić information content (AvgIpc) is 2.69. The van der Waals surface area contributed by atoms with Crippen LogP contribution >= 0.6 is 0 Å². The van der Waals surface area contributed by atoms with E-state index in [1.165, 1.54) is 0 Å². The number of benzene rings is 1. The van der Waals surface area contributed by atoms with Gasteiger partial charge in [-0.1, -0.05) is 18.2 Å². The van der Waals surface area contributed by atoms with E-state index in [0.717, 1.165) is 38.5 Å². The van der Waals surface area contributed by atoms with E-state index in [2.05, 4.69) is 20.9 Å². The Labute approximate surface area is 147 Å². The molecule has 1 fully saturated rings. The molecule has 2 aliphatic rings. The third-order valence-corrected chi connectivity index (χ3v) is 4.81.